The van der Waals surface area contributed by atoms with Crippen molar-refractivity contribution < 1.29 is 27.8 Å². The number of carbonyl (C=O) groups excluding carboxylic acids is 1. The van der Waals surface area contributed by atoms with Crippen LogP contribution in [0.1, 0.15) is 30.1 Å². The van der Waals surface area contributed by atoms with Crippen molar-refractivity contribution in [3.8, 4) is 5.75 Å². The van der Waals surface area contributed by atoms with Gasteiger partial charge in [-0.1, -0.05) is 0 Å². The van der Waals surface area contributed by atoms with E-state index in [1.807, 2.05) is 6.92 Å². The lowest BCUT2D eigenvalue weighted by Gasteiger charge is -2.37. The smallest absolute Gasteiger partial charge is 0.387 e. The zero-order valence-corrected chi connectivity index (χ0v) is 12.8. The van der Waals surface area contributed by atoms with E-state index in [2.05, 4.69) is 4.74 Å². The average molecular weight is 327 g/mol. The normalized spacial score (nSPS) is 23.5. The molecule has 0 aromatic heterocycles. The van der Waals surface area contributed by atoms with Crippen molar-refractivity contribution in [3.05, 3.63) is 29.8 Å². The number of benzene rings is 1. The lowest BCUT2D eigenvalue weighted by atomic mass is 10.0. The summed E-state index contributed by atoms with van der Waals surface area (Å²) in [7, 11) is 0. The predicted molar refractivity (Wildman–Crippen MR) is 77.4 cm³/mol. The quantitative estimate of drug-likeness (QED) is 0.856. The SMILES string of the molecule is CC1COC2(CCN(C(=O)c3ccc(OC(F)F)cc3)CC2)O1. The Morgan fingerprint density at radius 1 is 1.30 bits per heavy atom. The molecule has 0 N–H and O–H groups in total. The first-order valence-electron chi connectivity index (χ1n) is 7.63. The highest BCUT2D eigenvalue weighted by atomic mass is 19.3. The molecule has 7 heteroatoms. The summed E-state index contributed by atoms with van der Waals surface area (Å²) in [4.78, 5) is 14.2. The van der Waals surface area contributed by atoms with E-state index in [4.69, 9.17) is 9.47 Å². The van der Waals surface area contributed by atoms with Gasteiger partial charge in [-0.05, 0) is 31.2 Å². The zero-order valence-electron chi connectivity index (χ0n) is 12.8. The van der Waals surface area contributed by atoms with Crippen LogP contribution in [-0.4, -0.2) is 49.0 Å². The Labute approximate surface area is 133 Å². The summed E-state index contributed by atoms with van der Waals surface area (Å²) < 4.78 is 40.1. The number of ether oxygens (including phenoxy) is 3. The van der Waals surface area contributed by atoms with E-state index in [1.54, 1.807) is 4.90 Å². The number of hydrogen-bond donors (Lipinski definition) is 0. The van der Waals surface area contributed by atoms with Crippen LogP contribution < -0.4 is 4.74 Å². The van der Waals surface area contributed by atoms with Crippen LogP contribution in [0.25, 0.3) is 0 Å². The third-order valence-electron chi connectivity index (χ3n) is 4.14. The monoisotopic (exact) mass is 327 g/mol. The Balaban J connectivity index is 1.59. The molecule has 1 unspecified atom stereocenters. The minimum atomic E-state index is -2.87. The van der Waals surface area contributed by atoms with Crippen molar-refractivity contribution in [2.75, 3.05) is 19.7 Å². The largest absolute Gasteiger partial charge is 0.435 e. The second-order valence-electron chi connectivity index (χ2n) is 5.85. The molecular formula is C16H19F2NO4. The van der Waals surface area contributed by atoms with E-state index >= 15 is 0 Å². The Bertz CT molecular complexity index is 556. The van der Waals surface area contributed by atoms with Gasteiger partial charge in [0.15, 0.2) is 5.79 Å². The topological polar surface area (TPSA) is 48.0 Å². The molecule has 1 aromatic carbocycles. The molecule has 23 heavy (non-hydrogen) atoms. The summed E-state index contributed by atoms with van der Waals surface area (Å²) in [5, 5.41) is 0. The second-order valence-corrected chi connectivity index (χ2v) is 5.85. The minimum Gasteiger partial charge on any atom is -0.435 e. The van der Waals surface area contributed by atoms with E-state index in [-0.39, 0.29) is 17.8 Å². The Hall–Kier alpha value is -1.73. The first-order chi connectivity index (χ1) is 11.0. The summed E-state index contributed by atoms with van der Waals surface area (Å²) in [6, 6.07) is 5.73. The molecule has 2 heterocycles. The van der Waals surface area contributed by atoms with Gasteiger partial charge in [0, 0.05) is 31.5 Å². The second kappa shape index (κ2) is 6.41. The number of amides is 1. The van der Waals surface area contributed by atoms with Gasteiger partial charge >= 0.3 is 6.61 Å². The molecule has 1 aromatic rings. The number of hydrogen-bond acceptors (Lipinski definition) is 4. The molecule has 3 rings (SSSR count). The van der Waals surface area contributed by atoms with Crippen molar-refractivity contribution >= 4 is 5.91 Å². The van der Waals surface area contributed by atoms with Gasteiger partial charge in [-0.2, -0.15) is 8.78 Å². The van der Waals surface area contributed by atoms with Crippen LogP contribution in [-0.2, 0) is 9.47 Å². The summed E-state index contributed by atoms with van der Waals surface area (Å²) in [6.45, 7) is 0.764. The highest BCUT2D eigenvalue weighted by molar-refractivity contribution is 5.94. The number of likely N-dealkylation sites (tertiary alicyclic amines) is 1. The van der Waals surface area contributed by atoms with Gasteiger partial charge in [-0.3, -0.25) is 4.79 Å². The van der Waals surface area contributed by atoms with Gasteiger partial charge < -0.3 is 19.1 Å². The molecule has 126 valence electrons. The van der Waals surface area contributed by atoms with Crippen LogP contribution in [0.15, 0.2) is 24.3 Å². The fourth-order valence-corrected chi connectivity index (χ4v) is 2.98. The summed E-state index contributed by atoms with van der Waals surface area (Å²) in [6.07, 6.45) is 1.35. The number of nitrogens with zero attached hydrogens (tertiary/aromatic N) is 1. The van der Waals surface area contributed by atoms with Crippen LogP contribution in [0.5, 0.6) is 5.75 Å². The molecule has 1 amide bonds. The van der Waals surface area contributed by atoms with Crippen LogP contribution in [0.3, 0.4) is 0 Å². The van der Waals surface area contributed by atoms with E-state index in [1.165, 1.54) is 24.3 Å². The van der Waals surface area contributed by atoms with E-state index in [0.29, 0.717) is 38.1 Å². The fourth-order valence-electron chi connectivity index (χ4n) is 2.98. The van der Waals surface area contributed by atoms with Crippen molar-refractivity contribution in [3.63, 3.8) is 0 Å². The maximum atomic E-state index is 12.5. The van der Waals surface area contributed by atoms with Crippen molar-refractivity contribution in [1.29, 1.82) is 0 Å². The molecule has 0 bridgehead atoms. The molecule has 2 aliphatic rings. The molecule has 0 radical (unpaired) electrons. The third-order valence-corrected chi connectivity index (χ3v) is 4.14. The molecule has 2 fully saturated rings. The molecular weight excluding hydrogens is 308 g/mol. The van der Waals surface area contributed by atoms with Crippen molar-refractivity contribution in [1.82, 2.24) is 4.90 Å². The number of halogens is 2. The van der Waals surface area contributed by atoms with Crippen molar-refractivity contribution in [2.45, 2.75) is 38.3 Å². The van der Waals surface area contributed by atoms with Crippen molar-refractivity contribution in [2.24, 2.45) is 0 Å². The van der Waals surface area contributed by atoms with Crippen LogP contribution in [0.2, 0.25) is 0 Å². The molecule has 0 aliphatic carbocycles. The lowest BCUT2D eigenvalue weighted by molar-refractivity contribution is -0.189. The summed E-state index contributed by atoms with van der Waals surface area (Å²) in [5.74, 6) is -0.643. The van der Waals surface area contributed by atoms with Gasteiger partial charge in [0.2, 0.25) is 0 Å². The standard InChI is InChI=1S/C16H19F2NO4/c1-11-10-21-16(23-11)6-8-19(9-7-16)14(20)12-2-4-13(5-3-12)22-15(17)18/h2-5,11,15H,6-10H2,1H3. The summed E-state index contributed by atoms with van der Waals surface area (Å²) >= 11 is 0. The Kier molecular flexibility index (Phi) is 4.50. The van der Waals surface area contributed by atoms with Gasteiger partial charge in [-0.15, -0.1) is 0 Å². The van der Waals surface area contributed by atoms with E-state index in [0.717, 1.165) is 0 Å². The fraction of sp³-hybridized carbons (Fsp3) is 0.562. The zero-order chi connectivity index (χ0) is 16.4. The van der Waals surface area contributed by atoms with Gasteiger partial charge in [-0.25, -0.2) is 0 Å². The lowest BCUT2D eigenvalue weighted by Crippen LogP contribution is -2.47. The minimum absolute atomic E-state index is 0.0379. The molecule has 2 saturated heterocycles. The summed E-state index contributed by atoms with van der Waals surface area (Å²) in [5.41, 5.74) is 0.448. The highest BCUT2D eigenvalue weighted by Gasteiger charge is 2.43. The van der Waals surface area contributed by atoms with Crippen LogP contribution in [0, 0.1) is 0 Å². The first-order valence-corrected chi connectivity index (χ1v) is 7.63. The van der Waals surface area contributed by atoms with Gasteiger partial charge in [0.1, 0.15) is 5.75 Å². The highest BCUT2D eigenvalue weighted by Crippen LogP contribution is 2.34. The van der Waals surface area contributed by atoms with Gasteiger partial charge in [0.25, 0.3) is 5.91 Å². The molecule has 5 nitrogen and oxygen atoms in total. The Morgan fingerprint density at radius 3 is 2.48 bits per heavy atom. The molecule has 0 saturated carbocycles. The van der Waals surface area contributed by atoms with Crippen LogP contribution in [0.4, 0.5) is 8.78 Å². The number of carbonyl (C=O) groups is 1. The van der Waals surface area contributed by atoms with Gasteiger partial charge in [0.05, 0.1) is 12.7 Å². The third kappa shape index (κ3) is 3.61. The van der Waals surface area contributed by atoms with E-state index < -0.39 is 12.4 Å². The average Bonchev–Trinajstić information content (AvgIpc) is 2.88. The maximum absolute atomic E-state index is 12.5. The predicted octanol–water partition coefficient (Wildman–Crippen LogP) is 2.66. The molecule has 2 aliphatic heterocycles. The first kappa shape index (κ1) is 16.1. The number of alkyl halides is 2. The van der Waals surface area contributed by atoms with E-state index in [9.17, 15) is 13.6 Å². The Morgan fingerprint density at radius 2 is 1.96 bits per heavy atom. The number of piperidine rings is 1. The van der Waals surface area contributed by atoms with Crippen LogP contribution >= 0.6 is 0 Å². The molecule has 1 spiro atoms. The molecule has 1 atom stereocenters. The number of rotatable bonds is 3. The maximum Gasteiger partial charge on any atom is 0.387 e.